The molecule has 1 fully saturated rings. The summed E-state index contributed by atoms with van der Waals surface area (Å²) in [7, 11) is 1.61. The first-order chi connectivity index (χ1) is 13.7. The topological polar surface area (TPSA) is 68.8 Å². The summed E-state index contributed by atoms with van der Waals surface area (Å²) in [5.74, 6) is 1.29. The molecule has 28 heavy (non-hydrogen) atoms. The molecule has 1 unspecified atom stereocenters. The zero-order valence-corrected chi connectivity index (χ0v) is 16.3. The molecule has 0 aromatic heterocycles. The summed E-state index contributed by atoms with van der Waals surface area (Å²) in [6.07, 6.45) is 2.40. The van der Waals surface area contributed by atoms with E-state index in [9.17, 15) is 4.79 Å². The van der Waals surface area contributed by atoms with Gasteiger partial charge in [-0.2, -0.15) is 0 Å². The minimum Gasteiger partial charge on any atom is -0.493 e. The number of nitrogens with one attached hydrogen (secondary N) is 2. The highest BCUT2D eigenvalue weighted by molar-refractivity contribution is 5.78. The highest BCUT2D eigenvalue weighted by Gasteiger charge is 2.15. The van der Waals surface area contributed by atoms with Gasteiger partial charge in [0.25, 0.3) is 0 Å². The number of amides is 1. The summed E-state index contributed by atoms with van der Waals surface area (Å²) < 4.78 is 16.8. The van der Waals surface area contributed by atoms with Crippen molar-refractivity contribution in [3.05, 3.63) is 59.7 Å². The van der Waals surface area contributed by atoms with Crippen molar-refractivity contribution < 1.29 is 19.0 Å². The van der Waals surface area contributed by atoms with Crippen LogP contribution < -0.4 is 20.1 Å². The van der Waals surface area contributed by atoms with Crippen LogP contribution in [0.25, 0.3) is 0 Å². The van der Waals surface area contributed by atoms with Crippen LogP contribution in [0.1, 0.15) is 24.0 Å². The van der Waals surface area contributed by atoms with Crippen molar-refractivity contribution in [1.82, 2.24) is 10.6 Å². The number of hydrogen-bond donors (Lipinski definition) is 2. The first-order valence-corrected chi connectivity index (χ1v) is 9.67. The van der Waals surface area contributed by atoms with Crippen LogP contribution in [0, 0.1) is 0 Å². The lowest BCUT2D eigenvalue weighted by Gasteiger charge is -2.13. The molecule has 6 nitrogen and oxygen atoms in total. The van der Waals surface area contributed by atoms with Crippen LogP contribution in [-0.4, -0.2) is 38.8 Å². The van der Waals surface area contributed by atoms with E-state index in [2.05, 4.69) is 10.6 Å². The molecule has 2 aromatic carbocycles. The highest BCUT2D eigenvalue weighted by Crippen LogP contribution is 2.28. The van der Waals surface area contributed by atoms with Crippen LogP contribution in [0.5, 0.6) is 11.5 Å². The molecule has 1 amide bonds. The molecule has 0 radical (unpaired) electrons. The second-order valence-electron chi connectivity index (χ2n) is 6.80. The average Bonchev–Trinajstić information content (AvgIpc) is 3.25. The third-order valence-electron chi connectivity index (χ3n) is 4.64. The Labute approximate surface area is 166 Å². The normalized spacial score (nSPS) is 16.0. The second kappa shape index (κ2) is 10.7. The van der Waals surface area contributed by atoms with Crippen molar-refractivity contribution in [2.45, 2.75) is 32.1 Å². The molecule has 1 aliphatic heterocycles. The molecule has 2 aromatic rings. The Bertz CT molecular complexity index is 745. The predicted octanol–water partition coefficient (Wildman–Crippen LogP) is 2.66. The minimum absolute atomic E-state index is 0.0404. The van der Waals surface area contributed by atoms with Crippen molar-refractivity contribution in [3.63, 3.8) is 0 Å². The molecule has 0 aliphatic carbocycles. The fourth-order valence-corrected chi connectivity index (χ4v) is 3.09. The molecule has 1 aliphatic rings. The molecule has 1 atom stereocenters. The quantitative estimate of drug-likeness (QED) is 0.659. The van der Waals surface area contributed by atoms with Crippen LogP contribution in [-0.2, 0) is 22.7 Å². The lowest BCUT2D eigenvalue weighted by molar-refractivity contribution is -0.120. The Morgan fingerprint density at radius 3 is 2.75 bits per heavy atom. The third-order valence-corrected chi connectivity index (χ3v) is 4.64. The summed E-state index contributed by atoms with van der Waals surface area (Å²) in [6.45, 7) is 2.74. The van der Waals surface area contributed by atoms with E-state index in [1.54, 1.807) is 7.11 Å². The van der Waals surface area contributed by atoms with Gasteiger partial charge in [-0.3, -0.25) is 4.79 Å². The van der Waals surface area contributed by atoms with E-state index >= 15 is 0 Å². The fraction of sp³-hybridized carbons (Fsp3) is 0.409. The largest absolute Gasteiger partial charge is 0.493 e. The third kappa shape index (κ3) is 6.25. The molecule has 2 N–H and O–H groups in total. The number of ether oxygens (including phenoxy) is 3. The predicted molar refractivity (Wildman–Crippen MR) is 107 cm³/mol. The summed E-state index contributed by atoms with van der Waals surface area (Å²) in [5.41, 5.74) is 2.05. The van der Waals surface area contributed by atoms with Gasteiger partial charge < -0.3 is 24.8 Å². The first kappa shape index (κ1) is 20.2. The molecule has 6 heteroatoms. The average molecular weight is 384 g/mol. The fourth-order valence-electron chi connectivity index (χ4n) is 3.09. The number of carbonyl (C=O) groups excluding carboxylic acids is 1. The zero-order valence-electron chi connectivity index (χ0n) is 16.3. The molecule has 3 rings (SSSR count). The lowest BCUT2D eigenvalue weighted by Crippen LogP contribution is -2.36. The van der Waals surface area contributed by atoms with Crippen LogP contribution in [0.3, 0.4) is 0 Å². The second-order valence-corrected chi connectivity index (χ2v) is 6.80. The Hall–Kier alpha value is -2.57. The van der Waals surface area contributed by atoms with Crippen LogP contribution in [0.4, 0.5) is 0 Å². The van der Waals surface area contributed by atoms with Gasteiger partial charge in [0.1, 0.15) is 6.61 Å². The number of carbonyl (C=O) groups is 1. The molecular formula is C22H28N2O4. The maximum absolute atomic E-state index is 12.0. The molecule has 1 heterocycles. The van der Waals surface area contributed by atoms with E-state index in [0.29, 0.717) is 31.2 Å². The molecule has 1 saturated heterocycles. The molecular weight excluding hydrogens is 356 g/mol. The molecule has 0 spiro atoms. The van der Waals surface area contributed by atoms with Gasteiger partial charge in [0.05, 0.1) is 19.8 Å². The first-order valence-electron chi connectivity index (χ1n) is 9.67. The molecule has 0 bridgehead atoms. The summed E-state index contributed by atoms with van der Waals surface area (Å²) in [5, 5.41) is 6.06. The van der Waals surface area contributed by atoms with E-state index in [1.807, 2.05) is 48.5 Å². The Balaban J connectivity index is 1.44. The van der Waals surface area contributed by atoms with Crippen LogP contribution in [0.2, 0.25) is 0 Å². The SMILES string of the molecule is COc1cc(CNC(=O)CNCC2CCCO2)ccc1OCc1ccccc1. The van der Waals surface area contributed by atoms with E-state index < -0.39 is 0 Å². The van der Waals surface area contributed by atoms with Crippen molar-refractivity contribution in [1.29, 1.82) is 0 Å². The van der Waals surface area contributed by atoms with Gasteiger partial charge in [0, 0.05) is 19.7 Å². The van der Waals surface area contributed by atoms with E-state index in [1.165, 1.54) is 0 Å². The Morgan fingerprint density at radius 2 is 2.00 bits per heavy atom. The maximum atomic E-state index is 12.0. The van der Waals surface area contributed by atoms with E-state index in [-0.39, 0.29) is 18.6 Å². The summed E-state index contributed by atoms with van der Waals surface area (Å²) in [6, 6.07) is 15.7. The standard InChI is InChI=1S/C22H28N2O4/c1-26-21-12-18(9-10-20(21)28-16-17-6-3-2-4-7-17)13-24-22(25)15-23-14-19-8-5-11-27-19/h2-4,6-7,9-10,12,19,23H,5,8,11,13-16H2,1H3,(H,24,25). The Kier molecular flexibility index (Phi) is 7.70. The number of methoxy groups -OCH3 is 1. The van der Waals surface area contributed by atoms with E-state index in [4.69, 9.17) is 14.2 Å². The van der Waals surface area contributed by atoms with Crippen LogP contribution >= 0.6 is 0 Å². The van der Waals surface area contributed by atoms with Gasteiger partial charge in [-0.25, -0.2) is 0 Å². The smallest absolute Gasteiger partial charge is 0.234 e. The van der Waals surface area contributed by atoms with Crippen molar-refractivity contribution >= 4 is 5.91 Å². The van der Waals surface area contributed by atoms with Gasteiger partial charge in [-0.15, -0.1) is 0 Å². The van der Waals surface area contributed by atoms with Gasteiger partial charge in [0.15, 0.2) is 11.5 Å². The summed E-state index contributed by atoms with van der Waals surface area (Å²) >= 11 is 0. The lowest BCUT2D eigenvalue weighted by atomic mass is 10.2. The van der Waals surface area contributed by atoms with Crippen LogP contribution in [0.15, 0.2) is 48.5 Å². The molecule has 0 saturated carbocycles. The van der Waals surface area contributed by atoms with Gasteiger partial charge in [0.2, 0.25) is 5.91 Å². The van der Waals surface area contributed by atoms with Crippen molar-refractivity contribution in [2.75, 3.05) is 26.8 Å². The van der Waals surface area contributed by atoms with Gasteiger partial charge in [-0.05, 0) is 36.1 Å². The van der Waals surface area contributed by atoms with Crippen molar-refractivity contribution in [2.24, 2.45) is 0 Å². The monoisotopic (exact) mass is 384 g/mol. The maximum Gasteiger partial charge on any atom is 0.234 e. The number of hydrogen-bond acceptors (Lipinski definition) is 5. The highest BCUT2D eigenvalue weighted by atomic mass is 16.5. The van der Waals surface area contributed by atoms with Gasteiger partial charge in [-0.1, -0.05) is 36.4 Å². The molecule has 150 valence electrons. The zero-order chi connectivity index (χ0) is 19.6. The van der Waals surface area contributed by atoms with E-state index in [0.717, 1.165) is 30.6 Å². The Morgan fingerprint density at radius 1 is 1.14 bits per heavy atom. The number of rotatable bonds is 10. The van der Waals surface area contributed by atoms with Crippen molar-refractivity contribution in [3.8, 4) is 11.5 Å². The number of benzene rings is 2. The summed E-state index contributed by atoms with van der Waals surface area (Å²) in [4.78, 5) is 12.0. The van der Waals surface area contributed by atoms with Gasteiger partial charge >= 0.3 is 0 Å². The minimum atomic E-state index is -0.0404.